The van der Waals surface area contributed by atoms with Crippen molar-refractivity contribution < 1.29 is 14.6 Å². The molecule has 2 aliphatic heterocycles. The predicted molar refractivity (Wildman–Crippen MR) is 84.9 cm³/mol. The van der Waals surface area contributed by atoms with E-state index in [0.29, 0.717) is 18.4 Å². The predicted octanol–water partition coefficient (Wildman–Crippen LogP) is 3.39. The fourth-order valence-electron chi connectivity index (χ4n) is 3.62. The van der Waals surface area contributed by atoms with Crippen molar-refractivity contribution in [3.63, 3.8) is 0 Å². The highest BCUT2D eigenvalue weighted by molar-refractivity contribution is 5.69. The van der Waals surface area contributed by atoms with Crippen molar-refractivity contribution in [2.24, 2.45) is 0 Å². The lowest BCUT2D eigenvalue weighted by molar-refractivity contribution is 0.0246. The average molecular weight is 303 g/mol. The molecule has 1 fully saturated rings. The summed E-state index contributed by atoms with van der Waals surface area (Å²) in [5.74, 6) is 0.738. The van der Waals surface area contributed by atoms with E-state index in [4.69, 9.17) is 4.74 Å². The molecule has 120 valence electrons. The second-order valence-corrected chi connectivity index (χ2v) is 7.48. The van der Waals surface area contributed by atoms with Gasteiger partial charge in [0, 0.05) is 24.9 Å². The van der Waals surface area contributed by atoms with Crippen molar-refractivity contribution in [3.8, 4) is 0 Å². The lowest BCUT2D eigenvalue weighted by atomic mass is 9.78. The number of benzene rings is 1. The minimum Gasteiger partial charge on any atom is -0.444 e. The lowest BCUT2D eigenvalue weighted by Gasteiger charge is -2.27. The van der Waals surface area contributed by atoms with Crippen molar-refractivity contribution in [2.75, 3.05) is 13.1 Å². The first kappa shape index (κ1) is 15.3. The number of hydrogen-bond donors (Lipinski definition) is 1. The molecule has 0 aromatic heterocycles. The molecule has 0 spiro atoms. The van der Waals surface area contributed by atoms with Gasteiger partial charge in [0.1, 0.15) is 5.60 Å². The van der Waals surface area contributed by atoms with Gasteiger partial charge in [-0.05, 0) is 50.3 Å². The Morgan fingerprint density at radius 3 is 2.45 bits per heavy atom. The molecule has 4 heteroatoms. The van der Waals surface area contributed by atoms with Gasteiger partial charge in [-0.1, -0.05) is 18.2 Å². The van der Waals surface area contributed by atoms with Gasteiger partial charge < -0.3 is 14.7 Å². The average Bonchev–Trinajstić information content (AvgIpc) is 2.76. The molecular weight excluding hydrogens is 278 g/mol. The second-order valence-electron chi connectivity index (χ2n) is 7.48. The molecule has 2 atom stereocenters. The Morgan fingerprint density at radius 1 is 1.23 bits per heavy atom. The standard InChI is InChI=1S/C18H25NO3/c1-18(2,3)22-17(21)19-9-13-5-6-14(10-19)16-8-12(11-20)4-7-15(13)16/h4,7-8,13-14,20H,5-6,9-11H2,1-3H3. The highest BCUT2D eigenvalue weighted by Gasteiger charge is 2.37. The molecule has 2 heterocycles. The minimum atomic E-state index is -0.459. The summed E-state index contributed by atoms with van der Waals surface area (Å²) in [4.78, 5) is 14.3. The molecule has 1 saturated heterocycles. The monoisotopic (exact) mass is 303 g/mol. The molecule has 1 aromatic carbocycles. The largest absolute Gasteiger partial charge is 0.444 e. The summed E-state index contributed by atoms with van der Waals surface area (Å²) in [5, 5.41) is 9.36. The number of aliphatic hydroxyl groups excluding tert-OH is 1. The van der Waals surface area contributed by atoms with Crippen LogP contribution < -0.4 is 0 Å². The number of rotatable bonds is 1. The summed E-state index contributed by atoms with van der Waals surface area (Å²) in [6.07, 6.45) is 2.01. The van der Waals surface area contributed by atoms with Crippen LogP contribution in [0.3, 0.4) is 0 Å². The fourth-order valence-corrected chi connectivity index (χ4v) is 3.62. The second kappa shape index (κ2) is 5.58. The van der Waals surface area contributed by atoms with E-state index in [1.165, 1.54) is 11.1 Å². The van der Waals surface area contributed by atoms with Crippen LogP contribution in [0.2, 0.25) is 0 Å². The van der Waals surface area contributed by atoms with Gasteiger partial charge in [-0.15, -0.1) is 0 Å². The van der Waals surface area contributed by atoms with Crippen molar-refractivity contribution in [1.82, 2.24) is 4.90 Å². The summed E-state index contributed by atoms with van der Waals surface area (Å²) in [5.41, 5.74) is 3.16. The van der Waals surface area contributed by atoms with Gasteiger partial charge >= 0.3 is 6.09 Å². The fraction of sp³-hybridized carbons (Fsp3) is 0.611. The lowest BCUT2D eigenvalue weighted by Crippen LogP contribution is -2.38. The highest BCUT2D eigenvalue weighted by Crippen LogP contribution is 2.43. The van der Waals surface area contributed by atoms with E-state index in [-0.39, 0.29) is 12.7 Å². The molecule has 2 bridgehead atoms. The Hall–Kier alpha value is -1.55. The van der Waals surface area contributed by atoms with E-state index in [2.05, 4.69) is 12.1 Å². The van der Waals surface area contributed by atoms with Gasteiger partial charge in [0.25, 0.3) is 0 Å². The van der Waals surface area contributed by atoms with Gasteiger partial charge in [-0.3, -0.25) is 0 Å². The van der Waals surface area contributed by atoms with Crippen molar-refractivity contribution in [2.45, 2.75) is 57.7 Å². The van der Waals surface area contributed by atoms with Crippen LogP contribution in [0.1, 0.15) is 62.1 Å². The minimum absolute atomic E-state index is 0.0699. The van der Waals surface area contributed by atoms with Crippen molar-refractivity contribution in [1.29, 1.82) is 0 Å². The number of carbonyl (C=O) groups excluding carboxylic acids is 1. The van der Waals surface area contributed by atoms with E-state index in [1.54, 1.807) is 0 Å². The summed E-state index contributed by atoms with van der Waals surface area (Å²) < 4.78 is 5.55. The Bertz CT molecular complexity index is 576. The Balaban J connectivity index is 1.85. The van der Waals surface area contributed by atoms with Gasteiger partial charge in [0.2, 0.25) is 0 Å². The van der Waals surface area contributed by atoms with Crippen LogP contribution in [0.5, 0.6) is 0 Å². The third kappa shape index (κ3) is 2.98. The Kier molecular flexibility index (Phi) is 3.89. The number of ether oxygens (including phenoxy) is 1. The summed E-state index contributed by atoms with van der Waals surface area (Å²) >= 11 is 0. The SMILES string of the molecule is CC(C)(C)OC(=O)N1CC2CCC(C1)c1cc(CO)ccc12. The summed E-state index contributed by atoms with van der Waals surface area (Å²) in [7, 11) is 0. The number of fused-ring (bicyclic) bond motifs is 3. The molecule has 3 aliphatic rings. The van der Waals surface area contributed by atoms with Gasteiger partial charge in [-0.2, -0.15) is 0 Å². The molecule has 4 rings (SSSR count). The number of nitrogens with zero attached hydrogens (tertiary/aromatic N) is 1. The molecule has 1 amide bonds. The topological polar surface area (TPSA) is 49.8 Å². The molecule has 22 heavy (non-hydrogen) atoms. The smallest absolute Gasteiger partial charge is 0.410 e. The van der Waals surface area contributed by atoms with Crippen LogP contribution in [-0.2, 0) is 11.3 Å². The van der Waals surface area contributed by atoms with Crippen molar-refractivity contribution >= 4 is 6.09 Å². The van der Waals surface area contributed by atoms with Gasteiger partial charge in [-0.25, -0.2) is 4.79 Å². The van der Waals surface area contributed by atoms with Crippen LogP contribution >= 0.6 is 0 Å². The molecule has 0 radical (unpaired) electrons. The van der Waals surface area contributed by atoms with Crippen LogP contribution in [0.4, 0.5) is 4.79 Å². The maximum Gasteiger partial charge on any atom is 0.410 e. The third-order valence-electron chi connectivity index (χ3n) is 4.61. The van der Waals surface area contributed by atoms with E-state index in [1.807, 2.05) is 31.7 Å². The summed E-state index contributed by atoms with van der Waals surface area (Å²) in [6, 6.07) is 6.25. The van der Waals surface area contributed by atoms with E-state index < -0.39 is 5.60 Å². The van der Waals surface area contributed by atoms with Crippen LogP contribution in [0.15, 0.2) is 18.2 Å². The first-order valence-electron chi connectivity index (χ1n) is 8.09. The molecule has 0 saturated carbocycles. The first-order valence-corrected chi connectivity index (χ1v) is 8.09. The zero-order valence-electron chi connectivity index (χ0n) is 13.6. The molecule has 2 unspecified atom stereocenters. The van der Waals surface area contributed by atoms with E-state index in [0.717, 1.165) is 24.9 Å². The molecular formula is C18H25NO3. The zero-order valence-corrected chi connectivity index (χ0v) is 13.6. The number of hydrogen-bond acceptors (Lipinski definition) is 3. The first-order chi connectivity index (χ1) is 10.4. The normalized spacial score (nSPS) is 23.9. The third-order valence-corrected chi connectivity index (χ3v) is 4.61. The van der Waals surface area contributed by atoms with Crippen LogP contribution in [0, 0.1) is 0 Å². The number of aliphatic hydroxyl groups is 1. The molecule has 1 N–H and O–H groups in total. The van der Waals surface area contributed by atoms with Crippen LogP contribution in [-0.4, -0.2) is 34.8 Å². The maximum absolute atomic E-state index is 12.4. The molecule has 1 aromatic rings. The Labute approximate surface area is 132 Å². The van der Waals surface area contributed by atoms with Crippen LogP contribution in [0.25, 0.3) is 0 Å². The highest BCUT2D eigenvalue weighted by atomic mass is 16.6. The van der Waals surface area contributed by atoms with Gasteiger partial charge in [0.05, 0.1) is 6.61 Å². The number of carbonyl (C=O) groups is 1. The van der Waals surface area contributed by atoms with E-state index in [9.17, 15) is 9.90 Å². The van der Waals surface area contributed by atoms with Gasteiger partial charge in [0.15, 0.2) is 0 Å². The van der Waals surface area contributed by atoms with Crippen molar-refractivity contribution in [3.05, 3.63) is 34.9 Å². The zero-order chi connectivity index (χ0) is 15.9. The Morgan fingerprint density at radius 2 is 1.86 bits per heavy atom. The maximum atomic E-state index is 12.4. The number of amides is 1. The quantitative estimate of drug-likeness (QED) is 0.865. The molecule has 1 aliphatic carbocycles. The van der Waals surface area contributed by atoms with E-state index >= 15 is 0 Å². The summed E-state index contributed by atoms with van der Waals surface area (Å²) in [6.45, 7) is 7.23. The molecule has 4 nitrogen and oxygen atoms in total.